The summed E-state index contributed by atoms with van der Waals surface area (Å²) in [4.78, 5) is 34.7. The molecule has 0 radical (unpaired) electrons. The molecular weight excluding hydrogens is 342 g/mol. The van der Waals surface area contributed by atoms with Gasteiger partial charge in [-0.3, -0.25) is 4.79 Å². The Hall–Kier alpha value is -2.25. The van der Waals surface area contributed by atoms with Gasteiger partial charge < -0.3 is 14.8 Å². The number of aromatic nitrogens is 1. The number of carboxylic acid groups (broad SMARTS) is 2. The Morgan fingerprint density at radius 1 is 1.22 bits per heavy atom. The molecule has 1 aromatic heterocycles. The van der Waals surface area contributed by atoms with Crippen molar-refractivity contribution in [1.29, 1.82) is 0 Å². The van der Waals surface area contributed by atoms with E-state index in [4.69, 9.17) is 16.7 Å². The summed E-state index contributed by atoms with van der Waals surface area (Å²) in [6.45, 7) is 0. The molecule has 0 aliphatic carbocycles. The SMILES string of the molecule is Cn1c(C(=O)C(=O)O)cc(CSc2cccc(Cl)c2)c1C(=O)O. The van der Waals surface area contributed by atoms with Crippen LogP contribution < -0.4 is 0 Å². The molecule has 0 aliphatic heterocycles. The molecule has 0 aliphatic rings. The van der Waals surface area contributed by atoms with E-state index in [2.05, 4.69) is 0 Å². The molecule has 23 heavy (non-hydrogen) atoms. The third-order valence-corrected chi connectivity index (χ3v) is 4.41. The van der Waals surface area contributed by atoms with Crippen molar-refractivity contribution in [3.63, 3.8) is 0 Å². The zero-order valence-electron chi connectivity index (χ0n) is 11.9. The first-order valence-electron chi connectivity index (χ1n) is 6.39. The van der Waals surface area contributed by atoms with Gasteiger partial charge in [-0.2, -0.15) is 0 Å². The van der Waals surface area contributed by atoms with Gasteiger partial charge in [0, 0.05) is 22.7 Å². The molecule has 120 valence electrons. The van der Waals surface area contributed by atoms with Gasteiger partial charge in [-0.05, 0) is 29.8 Å². The van der Waals surface area contributed by atoms with E-state index in [-0.39, 0.29) is 17.1 Å². The molecule has 0 spiro atoms. The van der Waals surface area contributed by atoms with Crippen molar-refractivity contribution in [1.82, 2.24) is 4.57 Å². The van der Waals surface area contributed by atoms with Crippen molar-refractivity contribution in [2.45, 2.75) is 10.6 Å². The standard InChI is InChI=1S/C15H12ClNO5S/c1-17-11(13(18)15(21)22)5-8(12(17)14(19)20)7-23-10-4-2-3-9(16)6-10/h2-6H,7H2,1H3,(H,19,20)(H,21,22). The summed E-state index contributed by atoms with van der Waals surface area (Å²) in [5.41, 5.74) is 0.0929. The first kappa shape index (κ1) is 17.1. The fourth-order valence-corrected chi connectivity index (χ4v) is 3.28. The Morgan fingerprint density at radius 3 is 2.48 bits per heavy atom. The molecule has 1 aromatic carbocycles. The Labute approximate surface area is 140 Å². The normalized spacial score (nSPS) is 10.5. The summed E-state index contributed by atoms with van der Waals surface area (Å²) in [5, 5.41) is 18.7. The lowest BCUT2D eigenvalue weighted by molar-refractivity contribution is -0.131. The lowest BCUT2D eigenvalue weighted by Gasteiger charge is -2.04. The quantitative estimate of drug-likeness (QED) is 0.471. The molecule has 8 heteroatoms. The highest BCUT2D eigenvalue weighted by molar-refractivity contribution is 7.98. The van der Waals surface area contributed by atoms with Crippen molar-refractivity contribution in [2.24, 2.45) is 7.05 Å². The lowest BCUT2D eigenvalue weighted by Crippen LogP contribution is -2.18. The molecule has 6 nitrogen and oxygen atoms in total. The summed E-state index contributed by atoms with van der Waals surface area (Å²) >= 11 is 7.23. The maximum absolute atomic E-state index is 11.6. The fourth-order valence-electron chi connectivity index (χ4n) is 2.10. The van der Waals surface area contributed by atoms with Gasteiger partial charge in [-0.25, -0.2) is 9.59 Å². The van der Waals surface area contributed by atoms with E-state index in [1.165, 1.54) is 24.9 Å². The van der Waals surface area contributed by atoms with E-state index in [1.807, 2.05) is 6.07 Å². The number of thioether (sulfide) groups is 1. The van der Waals surface area contributed by atoms with Crippen LogP contribution in [0.15, 0.2) is 35.2 Å². The van der Waals surface area contributed by atoms with Crippen LogP contribution in [0.4, 0.5) is 0 Å². The van der Waals surface area contributed by atoms with Crippen LogP contribution in [0.25, 0.3) is 0 Å². The lowest BCUT2D eigenvalue weighted by atomic mass is 10.2. The Balaban J connectivity index is 2.34. The third-order valence-electron chi connectivity index (χ3n) is 3.13. The van der Waals surface area contributed by atoms with E-state index >= 15 is 0 Å². The molecule has 2 N–H and O–H groups in total. The van der Waals surface area contributed by atoms with Crippen molar-refractivity contribution >= 4 is 41.1 Å². The second kappa shape index (κ2) is 6.89. The summed E-state index contributed by atoms with van der Waals surface area (Å²) in [7, 11) is 1.35. The second-order valence-electron chi connectivity index (χ2n) is 4.65. The van der Waals surface area contributed by atoms with Gasteiger partial charge in [0.15, 0.2) is 0 Å². The van der Waals surface area contributed by atoms with Crippen LogP contribution >= 0.6 is 23.4 Å². The van der Waals surface area contributed by atoms with E-state index in [0.717, 1.165) is 9.46 Å². The first-order valence-corrected chi connectivity index (χ1v) is 7.75. The van der Waals surface area contributed by atoms with Gasteiger partial charge >= 0.3 is 11.9 Å². The molecule has 0 atom stereocenters. The topological polar surface area (TPSA) is 96.6 Å². The number of carbonyl (C=O) groups is 3. The largest absolute Gasteiger partial charge is 0.477 e. The summed E-state index contributed by atoms with van der Waals surface area (Å²) in [6.07, 6.45) is 0. The molecule has 0 fully saturated rings. The minimum absolute atomic E-state index is 0.107. The van der Waals surface area contributed by atoms with E-state index in [9.17, 15) is 19.5 Å². The maximum Gasteiger partial charge on any atom is 0.378 e. The number of ketones is 1. The number of aromatic carboxylic acids is 1. The average Bonchev–Trinajstić information content (AvgIpc) is 2.81. The number of carbonyl (C=O) groups excluding carboxylic acids is 1. The molecule has 0 saturated heterocycles. The number of rotatable bonds is 6. The monoisotopic (exact) mass is 353 g/mol. The number of hydrogen-bond acceptors (Lipinski definition) is 4. The van der Waals surface area contributed by atoms with E-state index < -0.39 is 17.7 Å². The molecular formula is C15H12ClNO5S. The number of Topliss-reactive ketones (excluding diaryl/α,β-unsaturated/α-hetero) is 1. The van der Waals surface area contributed by atoms with Crippen LogP contribution in [0, 0.1) is 0 Å². The van der Waals surface area contributed by atoms with Crippen molar-refractivity contribution in [2.75, 3.05) is 0 Å². The number of nitrogens with zero attached hydrogens (tertiary/aromatic N) is 1. The minimum Gasteiger partial charge on any atom is -0.477 e. The van der Waals surface area contributed by atoms with E-state index in [0.29, 0.717) is 10.6 Å². The fraction of sp³-hybridized carbons (Fsp3) is 0.133. The van der Waals surface area contributed by atoms with Crippen LogP contribution in [0.5, 0.6) is 0 Å². The molecule has 0 saturated carbocycles. The molecule has 0 amide bonds. The predicted octanol–water partition coefficient (Wildman–Crippen LogP) is 2.94. The highest BCUT2D eigenvalue weighted by Gasteiger charge is 2.25. The van der Waals surface area contributed by atoms with Crippen LogP contribution in [-0.4, -0.2) is 32.5 Å². The molecule has 2 rings (SSSR count). The zero-order chi connectivity index (χ0) is 17.1. The predicted molar refractivity (Wildman–Crippen MR) is 85.4 cm³/mol. The van der Waals surface area contributed by atoms with Crippen LogP contribution in [0.2, 0.25) is 5.02 Å². The Kier molecular flexibility index (Phi) is 5.12. The number of aliphatic carboxylic acids is 1. The molecule has 1 heterocycles. The smallest absolute Gasteiger partial charge is 0.378 e. The van der Waals surface area contributed by atoms with Gasteiger partial charge in [-0.1, -0.05) is 17.7 Å². The Bertz CT molecular complexity index is 799. The molecule has 2 aromatic rings. The molecule has 0 unspecified atom stereocenters. The number of hydrogen-bond donors (Lipinski definition) is 2. The third kappa shape index (κ3) is 3.75. The van der Waals surface area contributed by atoms with Gasteiger partial charge in [-0.15, -0.1) is 11.8 Å². The van der Waals surface area contributed by atoms with Crippen molar-refractivity contribution in [3.05, 3.63) is 52.3 Å². The van der Waals surface area contributed by atoms with Crippen LogP contribution in [0.3, 0.4) is 0 Å². The first-order chi connectivity index (χ1) is 10.8. The van der Waals surface area contributed by atoms with E-state index in [1.54, 1.807) is 18.2 Å². The maximum atomic E-state index is 11.6. The zero-order valence-corrected chi connectivity index (χ0v) is 13.5. The van der Waals surface area contributed by atoms with Gasteiger partial charge in [0.25, 0.3) is 5.78 Å². The number of carboxylic acids is 2. The van der Waals surface area contributed by atoms with Crippen molar-refractivity contribution < 1.29 is 24.6 Å². The average molecular weight is 354 g/mol. The number of benzene rings is 1. The summed E-state index contributed by atoms with van der Waals surface area (Å²) in [5.74, 6) is -3.73. The van der Waals surface area contributed by atoms with Crippen molar-refractivity contribution in [3.8, 4) is 0 Å². The molecule has 0 bridgehead atoms. The van der Waals surface area contributed by atoms with Gasteiger partial charge in [0.2, 0.25) is 0 Å². The summed E-state index contributed by atoms with van der Waals surface area (Å²) in [6, 6.07) is 8.35. The Morgan fingerprint density at radius 2 is 1.91 bits per heavy atom. The van der Waals surface area contributed by atoms with Gasteiger partial charge in [0.1, 0.15) is 5.69 Å². The van der Waals surface area contributed by atoms with Crippen LogP contribution in [0.1, 0.15) is 26.5 Å². The number of halogens is 1. The highest BCUT2D eigenvalue weighted by atomic mass is 35.5. The summed E-state index contributed by atoms with van der Waals surface area (Å²) < 4.78 is 1.09. The van der Waals surface area contributed by atoms with Gasteiger partial charge in [0.05, 0.1) is 5.69 Å². The minimum atomic E-state index is -1.63. The van der Waals surface area contributed by atoms with Crippen LogP contribution in [-0.2, 0) is 17.6 Å². The second-order valence-corrected chi connectivity index (χ2v) is 6.13. The highest BCUT2D eigenvalue weighted by Crippen LogP contribution is 2.28.